The number of fused-ring (bicyclic) bond motifs is 1. The minimum absolute atomic E-state index is 0.00571. The van der Waals surface area contributed by atoms with Crippen LogP contribution in [-0.2, 0) is 4.79 Å². The zero-order valence-electron chi connectivity index (χ0n) is 18.4. The molecule has 1 N–H and O–H groups in total. The molecular formula is C24H24BrN3O4S. The number of para-hydroxylation sites is 2. The second-order valence-corrected chi connectivity index (χ2v) is 9.33. The van der Waals surface area contributed by atoms with E-state index < -0.39 is 5.92 Å². The summed E-state index contributed by atoms with van der Waals surface area (Å²) in [6.45, 7) is 5.07. The Hall–Kier alpha value is -2.83. The summed E-state index contributed by atoms with van der Waals surface area (Å²) in [6.07, 6.45) is 0.163. The molecule has 0 aromatic heterocycles. The van der Waals surface area contributed by atoms with Crippen LogP contribution in [0.3, 0.4) is 0 Å². The van der Waals surface area contributed by atoms with Crippen LogP contribution in [0.15, 0.2) is 51.5 Å². The second kappa shape index (κ2) is 9.98. The van der Waals surface area contributed by atoms with Crippen LogP contribution in [0.2, 0.25) is 0 Å². The van der Waals surface area contributed by atoms with Gasteiger partial charge in [-0.25, -0.2) is 0 Å². The van der Waals surface area contributed by atoms with E-state index in [0.29, 0.717) is 46.6 Å². The molecule has 2 aliphatic heterocycles. The molecule has 2 aromatic rings. The molecule has 172 valence electrons. The van der Waals surface area contributed by atoms with Crippen LogP contribution in [0.25, 0.3) is 0 Å². The van der Waals surface area contributed by atoms with Gasteiger partial charge in [0.2, 0.25) is 5.91 Å². The van der Waals surface area contributed by atoms with E-state index in [1.54, 1.807) is 17.0 Å². The summed E-state index contributed by atoms with van der Waals surface area (Å²) in [5.41, 5.74) is 2.23. The standard InChI is InChI=1S/C24H24BrN3O4S/c1-3-31-20-8-6-5-7-19(20)27-13-28-22(29)11-16(17(12-26)24(28)33-14-27)15-9-18(25)23(30)21(10-15)32-4-2/h5-10,16,30H,3-4,11,13-14H2,1-2H3/t16-/m0/s1. The number of carbonyl (C=O) groups excluding carboxylic acids is 1. The van der Waals surface area contributed by atoms with Crippen molar-refractivity contribution in [2.24, 2.45) is 0 Å². The van der Waals surface area contributed by atoms with Crippen LogP contribution in [-0.4, -0.2) is 41.7 Å². The second-order valence-electron chi connectivity index (χ2n) is 7.55. The van der Waals surface area contributed by atoms with Crippen LogP contribution in [0, 0.1) is 11.3 Å². The normalized spacial score (nSPS) is 18.1. The number of halogens is 1. The number of hydrogen-bond acceptors (Lipinski definition) is 7. The number of carbonyl (C=O) groups is 1. The summed E-state index contributed by atoms with van der Waals surface area (Å²) in [5.74, 6) is 1.24. The number of amides is 1. The molecular weight excluding hydrogens is 506 g/mol. The number of phenols is 1. The number of anilines is 1. The van der Waals surface area contributed by atoms with Crippen molar-refractivity contribution in [2.75, 3.05) is 30.7 Å². The van der Waals surface area contributed by atoms with E-state index in [0.717, 1.165) is 17.0 Å². The maximum absolute atomic E-state index is 13.2. The number of nitrogens with zero attached hydrogens (tertiary/aromatic N) is 3. The molecule has 1 saturated heterocycles. The van der Waals surface area contributed by atoms with E-state index in [1.165, 1.54) is 11.8 Å². The van der Waals surface area contributed by atoms with Crippen molar-refractivity contribution in [1.82, 2.24) is 4.90 Å². The molecule has 2 heterocycles. The molecule has 9 heteroatoms. The van der Waals surface area contributed by atoms with Gasteiger partial charge in [-0.05, 0) is 59.6 Å². The van der Waals surface area contributed by atoms with Crippen LogP contribution in [0.1, 0.15) is 31.7 Å². The van der Waals surface area contributed by atoms with E-state index in [1.807, 2.05) is 38.1 Å². The van der Waals surface area contributed by atoms with Crippen LogP contribution >= 0.6 is 27.7 Å². The highest BCUT2D eigenvalue weighted by molar-refractivity contribution is 9.10. The van der Waals surface area contributed by atoms with Crippen molar-refractivity contribution in [3.05, 3.63) is 57.0 Å². The Balaban J connectivity index is 1.68. The van der Waals surface area contributed by atoms with Crippen molar-refractivity contribution >= 4 is 39.3 Å². The van der Waals surface area contributed by atoms with Gasteiger partial charge in [-0.2, -0.15) is 5.26 Å². The van der Waals surface area contributed by atoms with E-state index >= 15 is 0 Å². The van der Waals surface area contributed by atoms with E-state index in [4.69, 9.17) is 9.47 Å². The Morgan fingerprint density at radius 1 is 1.21 bits per heavy atom. The lowest BCUT2D eigenvalue weighted by Crippen LogP contribution is -2.47. The van der Waals surface area contributed by atoms with Gasteiger partial charge in [0, 0.05) is 12.3 Å². The summed E-state index contributed by atoms with van der Waals surface area (Å²) >= 11 is 4.84. The third-order valence-corrected chi connectivity index (χ3v) is 7.31. The van der Waals surface area contributed by atoms with Gasteiger partial charge in [0.05, 0.1) is 52.6 Å². The molecule has 1 fully saturated rings. The van der Waals surface area contributed by atoms with E-state index in [-0.39, 0.29) is 18.1 Å². The Morgan fingerprint density at radius 2 is 1.94 bits per heavy atom. The van der Waals surface area contributed by atoms with Gasteiger partial charge in [-0.15, -0.1) is 0 Å². The number of aromatic hydroxyl groups is 1. The average Bonchev–Trinajstić information content (AvgIpc) is 2.82. The fraction of sp³-hybridized carbons (Fsp3) is 0.333. The molecule has 0 spiro atoms. The Bertz CT molecular complexity index is 1150. The van der Waals surface area contributed by atoms with Gasteiger partial charge in [-0.3, -0.25) is 9.69 Å². The van der Waals surface area contributed by atoms with Gasteiger partial charge < -0.3 is 19.5 Å². The summed E-state index contributed by atoms with van der Waals surface area (Å²) in [6, 6.07) is 13.6. The zero-order valence-corrected chi connectivity index (χ0v) is 20.8. The fourth-order valence-corrected chi connectivity index (χ4v) is 5.67. The van der Waals surface area contributed by atoms with E-state index in [9.17, 15) is 15.2 Å². The zero-order chi connectivity index (χ0) is 23.5. The highest BCUT2D eigenvalue weighted by Crippen LogP contribution is 2.46. The minimum Gasteiger partial charge on any atom is -0.503 e. The molecule has 33 heavy (non-hydrogen) atoms. The topological polar surface area (TPSA) is 86.0 Å². The van der Waals surface area contributed by atoms with Crippen molar-refractivity contribution in [3.63, 3.8) is 0 Å². The molecule has 0 radical (unpaired) electrons. The third-order valence-electron chi connectivity index (χ3n) is 5.55. The summed E-state index contributed by atoms with van der Waals surface area (Å²) < 4.78 is 11.8. The van der Waals surface area contributed by atoms with Crippen LogP contribution < -0.4 is 14.4 Å². The van der Waals surface area contributed by atoms with Crippen molar-refractivity contribution in [3.8, 4) is 23.3 Å². The molecule has 0 bridgehead atoms. The maximum atomic E-state index is 13.2. The predicted octanol–water partition coefficient (Wildman–Crippen LogP) is 5.17. The average molecular weight is 530 g/mol. The van der Waals surface area contributed by atoms with Crippen LogP contribution in [0.4, 0.5) is 5.69 Å². The van der Waals surface area contributed by atoms with Gasteiger partial charge in [-0.1, -0.05) is 23.9 Å². The monoisotopic (exact) mass is 529 g/mol. The SMILES string of the molecule is CCOc1ccccc1N1CSC2=C(C#N)[C@H](c3cc(Br)c(O)c(OCC)c3)CC(=O)N2C1. The molecule has 2 aliphatic rings. The summed E-state index contributed by atoms with van der Waals surface area (Å²) in [4.78, 5) is 17.0. The lowest BCUT2D eigenvalue weighted by atomic mass is 9.86. The fourth-order valence-electron chi connectivity index (χ4n) is 4.06. The predicted molar refractivity (Wildman–Crippen MR) is 131 cm³/mol. The highest BCUT2D eigenvalue weighted by Gasteiger charge is 2.39. The number of allylic oxidation sites excluding steroid dienone is 1. The minimum atomic E-state index is -0.403. The number of ether oxygens (including phenoxy) is 2. The summed E-state index contributed by atoms with van der Waals surface area (Å²) in [7, 11) is 0. The first-order valence-electron chi connectivity index (χ1n) is 10.7. The molecule has 0 saturated carbocycles. The van der Waals surface area contributed by atoms with Crippen LogP contribution in [0.5, 0.6) is 17.2 Å². The first kappa shape index (κ1) is 23.3. The lowest BCUT2D eigenvalue weighted by Gasteiger charge is -2.42. The number of hydrogen-bond donors (Lipinski definition) is 1. The molecule has 1 atom stereocenters. The third kappa shape index (κ3) is 4.50. The Morgan fingerprint density at radius 3 is 2.67 bits per heavy atom. The number of phenolic OH excluding ortho intramolecular Hbond substituents is 1. The molecule has 0 aliphatic carbocycles. The molecule has 7 nitrogen and oxygen atoms in total. The largest absolute Gasteiger partial charge is 0.503 e. The first-order valence-corrected chi connectivity index (χ1v) is 12.5. The van der Waals surface area contributed by atoms with Gasteiger partial charge in [0.15, 0.2) is 11.5 Å². The maximum Gasteiger partial charge on any atom is 0.229 e. The van der Waals surface area contributed by atoms with Crippen molar-refractivity contribution < 1.29 is 19.4 Å². The molecule has 2 aromatic carbocycles. The molecule has 0 unspecified atom stereocenters. The summed E-state index contributed by atoms with van der Waals surface area (Å²) in [5, 5.41) is 21.0. The van der Waals surface area contributed by atoms with E-state index in [2.05, 4.69) is 26.9 Å². The molecule has 1 amide bonds. The van der Waals surface area contributed by atoms with Gasteiger partial charge in [0.25, 0.3) is 0 Å². The van der Waals surface area contributed by atoms with Crippen molar-refractivity contribution in [2.45, 2.75) is 26.2 Å². The van der Waals surface area contributed by atoms with Gasteiger partial charge in [0.1, 0.15) is 5.75 Å². The number of rotatable bonds is 6. The smallest absolute Gasteiger partial charge is 0.229 e. The van der Waals surface area contributed by atoms with Gasteiger partial charge >= 0.3 is 0 Å². The number of thioether (sulfide) groups is 1. The van der Waals surface area contributed by atoms with Crippen molar-refractivity contribution in [1.29, 1.82) is 5.26 Å². The molecule has 4 rings (SSSR count). The Labute approximate surface area is 205 Å². The number of nitriles is 1. The lowest BCUT2D eigenvalue weighted by molar-refractivity contribution is -0.129. The number of benzene rings is 2. The first-order chi connectivity index (χ1) is 16.0. The Kier molecular flexibility index (Phi) is 7.05. The highest BCUT2D eigenvalue weighted by atomic mass is 79.9. The quantitative estimate of drug-likeness (QED) is 0.552.